The normalized spacial score (nSPS) is 17.1. The number of aromatic nitrogens is 1. The van der Waals surface area contributed by atoms with Crippen molar-refractivity contribution in [3.05, 3.63) is 42.1 Å². The molecular formula is C22H28N4O3. The number of rotatable bonds is 7. The minimum atomic E-state index is -0.238. The molecule has 1 aliphatic carbocycles. The van der Waals surface area contributed by atoms with Gasteiger partial charge in [-0.15, -0.1) is 0 Å². The molecule has 7 nitrogen and oxygen atoms in total. The van der Waals surface area contributed by atoms with E-state index >= 15 is 0 Å². The molecule has 1 aromatic heterocycles. The fraction of sp³-hybridized carbons (Fsp3) is 0.455. The van der Waals surface area contributed by atoms with Gasteiger partial charge in [0.05, 0.1) is 31.2 Å². The third kappa shape index (κ3) is 4.98. The molecule has 1 saturated carbocycles. The second kappa shape index (κ2) is 8.69. The smallest absolute Gasteiger partial charge is 0.260 e. The first kappa shape index (κ1) is 19.5. The van der Waals surface area contributed by atoms with Crippen LogP contribution in [0.3, 0.4) is 0 Å². The van der Waals surface area contributed by atoms with Gasteiger partial charge < -0.3 is 24.6 Å². The van der Waals surface area contributed by atoms with Gasteiger partial charge in [-0.25, -0.2) is 4.98 Å². The Morgan fingerprint density at radius 1 is 1.17 bits per heavy atom. The predicted octanol–water partition coefficient (Wildman–Crippen LogP) is 2.88. The lowest BCUT2D eigenvalue weighted by Crippen LogP contribution is -2.44. The van der Waals surface area contributed by atoms with Gasteiger partial charge in [-0.3, -0.25) is 4.79 Å². The van der Waals surface area contributed by atoms with Crippen LogP contribution in [0.2, 0.25) is 0 Å². The Kier molecular flexibility index (Phi) is 5.85. The Balaban J connectivity index is 1.43. The Labute approximate surface area is 171 Å². The van der Waals surface area contributed by atoms with Crippen molar-refractivity contribution in [3.63, 3.8) is 0 Å². The van der Waals surface area contributed by atoms with Crippen molar-refractivity contribution in [1.29, 1.82) is 0 Å². The monoisotopic (exact) mass is 396 g/mol. The van der Waals surface area contributed by atoms with Crippen LogP contribution in [0.4, 0.5) is 11.5 Å². The van der Waals surface area contributed by atoms with Crippen molar-refractivity contribution in [3.8, 4) is 11.5 Å². The maximum Gasteiger partial charge on any atom is 0.260 e. The van der Waals surface area contributed by atoms with Crippen LogP contribution in [0.15, 0.2) is 36.5 Å². The summed E-state index contributed by atoms with van der Waals surface area (Å²) < 4.78 is 11.2. The summed E-state index contributed by atoms with van der Waals surface area (Å²) in [5, 5.41) is 2.88. The highest BCUT2D eigenvalue weighted by Gasteiger charge is 2.23. The number of amides is 1. The summed E-state index contributed by atoms with van der Waals surface area (Å²) in [6.07, 6.45) is 4.20. The van der Waals surface area contributed by atoms with Gasteiger partial charge in [-0.2, -0.15) is 0 Å². The highest BCUT2D eigenvalue weighted by Crippen LogP contribution is 2.32. The number of hydrogen-bond acceptors (Lipinski definition) is 6. The topological polar surface area (TPSA) is 66.9 Å². The Bertz CT molecular complexity index is 844. The van der Waals surface area contributed by atoms with Gasteiger partial charge >= 0.3 is 0 Å². The van der Waals surface area contributed by atoms with E-state index in [4.69, 9.17) is 9.47 Å². The summed E-state index contributed by atoms with van der Waals surface area (Å²) in [6.45, 7) is 4.68. The third-order valence-corrected chi connectivity index (χ3v) is 5.46. The molecule has 2 aromatic rings. The average molecular weight is 396 g/mol. The van der Waals surface area contributed by atoms with E-state index in [9.17, 15) is 4.79 Å². The number of carbonyl (C=O) groups excluding carboxylic acids is 1. The van der Waals surface area contributed by atoms with Crippen LogP contribution < -0.4 is 19.7 Å². The van der Waals surface area contributed by atoms with E-state index in [1.807, 2.05) is 18.3 Å². The molecule has 2 heterocycles. The lowest BCUT2D eigenvalue weighted by atomic mass is 10.1. The molecule has 1 amide bonds. The number of ether oxygens (including phenoxy) is 2. The molecule has 1 saturated heterocycles. The summed E-state index contributed by atoms with van der Waals surface area (Å²) in [5.74, 6) is 2.10. The van der Waals surface area contributed by atoms with Crippen LogP contribution in [-0.4, -0.2) is 62.7 Å². The number of hydrogen-bond donors (Lipinski definition) is 1. The van der Waals surface area contributed by atoms with E-state index in [0.717, 1.165) is 31.9 Å². The second-order valence-corrected chi connectivity index (χ2v) is 7.76. The van der Waals surface area contributed by atoms with Crippen molar-refractivity contribution in [1.82, 2.24) is 9.88 Å². The zero-order valence-corrected chi connectivity index (χ0v) is 17.1. The number of benzene rings is 1. The van der Waals surface area contributed by atoms with Gasteiger partial charge in [0, 0.05) is 32.2 Å². The lowest BCUT2D eigenvalue weighted by molar-refractivity contribution is 0.102. The van der Waals surface area contributed by atoms with E-state index < -0.39 is 0 Å². The molecule has 0 unspecified atom stereocenters. The number of carbonyl (C=O) groups is 1. The molecular weight excluding hydrogens is 368 g/mol. The highest BCUT2D eigenvalue weighted by molar-refractivity contribution is 6.05. The molecule has 0 bridgehead atoms. The standard InChI is InChI=1S/C22H28N4O3/c1-25-9-11-26(12-10-25)17-5-8-21(23-14-17)24-22(27)19-7-6-18(28-2)13-20(19)29-15-16-3-4-16/h5-8,13-14,16H,3-4,9-12,15H2,1-2H3,(H,23,24,27). The van der Waals surface area contributed by atoms with Crippen LogP contribution in [-0.2, 0) is 0 Å². The first-order valence-electron chi connectivity index (χ1n) is 10.1. The van der Waals surface area contributed by atoms with Gasteiger partial charge in [0.1, 0.15) is 17.3 Å². The molecule has 0 radical (unpaired) electrons. The maximum atomic E-state index is 12.8. The quantitative estimate of drug-likeness (QED) is 0.776. The van der Waals surface area contributed by atoms with Gasteiger partial charge in [-0.05, 0) is 50.1 Å². The number of pyridine rings is 1. The molecule has 4 rings (SSSR count). The van der Waals surface area contributed by atoms with Crippen LogP contribution in [0, 0.1) is 5.92 Å². The fourth-order valence-corrected chi connectivity index (χ4v) is 3.32. The van der Waals surface area contributed by atoms with Crippen LogP contribution in [0.5, 0.6) is 11.5 Å². The SMILES string of the molecule is COc1ccc(C(=O)Nc2ccc(N3CCN(C)CC3)cn2)c(OCC2CC2)c1. The molecule has 1 aliphatic heterocycles. The molecule has 0 atom stereocenters. The zero-order valence-electron chi connectivity index (χ0n) is 17.1. The van der Waals surface area contributed by atoms with Gasteiger partial charge in [0.25, 0.3) is 5.91 Å². The first-order chi connectivity index (χ1) is 14.1. The summed E-state index contributed by atoms with van der Waals surface area (Å²) >= 11 is 0. The lowest BCUT2D eigenvalue weighted by Gasteiger charge is -2.33. The average Bonchev–Trinajstić information content (AvgIpc) is 3.58. The Morgan fingerprint density at radius 3 is 2.62 bits per heavy atom. The summed E-state index contributed by atoms with van der Waals surface area (Å²) in [6, 6.07) is 9.12. The van der Waals surface area contributed by atoms with E-state index in [-0.39, 0.29) is 5.91 Å². The number of likely N-dealkylation sites (N-methyl/N-ethyl adjacent to an activating group) is 1. The first-order valence-corrected chi connectivity index (χ1v) is 10.1. The Hall–Kier alpha value is -2.80. The summed E-state index contributed by atoms with van der Waals surface area (Å²) in [5.41, 5.74) is 1.56. The van der Waals surface area contributed by atoms with Crippen molar-refractivity contribution in [2.45, 2.75) is 12.8 Å². The molecule has 29 heavy (non-hydrogen) atoms. The number of nitrogens with one attached hydrogen (secondary N) is 1. The molecule has 1 N–H and O–H groups in total. The van der Waals surface area contributed by atoms with Gasteiger partial charge in [-0.1, -0.05) is 0 Å². The van der Waals surface area contributed by atoms with E-state index in [1.54, 1.807) is 25.3 Å². The van der Waals surface area contributed by atoms with Crippen molar-refractivity contribution in [2.24, 2.45) is 5.92 Å². The van der Waals surface area contributed by atoms with Crippen LogP contribution in [0.1, 0.15) is 23.2 Å². The van der Waals surface area contributed by atoms with Crippen molar-refractivity contribution >= 4 is 17.4 Å². The number of nitrogens with zero attached hydrogens (tertiary/aromatic N) is 3. The van der Waals surface area contributed by atoms with Gasteiger partial charge in [0.15, 0.2) is 0 Å². The number of piperazine rings is 1. The largest absolute Gasteiger partial charge is 0.497 e. The third-order valence-electron chi connectivity index (χ3n) is 5.46. The maximum absolute atomic E-state index is 12.8. The molecule has 2 fully saturated rings. The predicted molar refractivity (Wildman–Crippen MR) is 113 cm³/mol. The summed E-state index contributed by atoms with van der Waals surface area (Å²) in [7, 11) is 3.74. The van der Waals surface area contributed by atoms with Gasteiger partial charge in [0.2, 0.25) is 0 Å². The molecule has 7 heteroatoms. The summed E-state index contributed by atoms with van der Waals surface area (Å²) in [4.78, 5) is 21.9. The van der Waals surface area contributed by atoms with E-state index in [2.05, 4.69) is 27.1 Å². The Morgan fingerprint density at radius 2 is 1.97 bits per heavy atom. The van der Waals surface area contributed by atoms with Crippen molar-refractivity contribution < 1.29 is 14.3 Å². The number of methoxy groups -OCH3 is 1. The van der Waals surface area contributed by atoms with Crippen LogP contribution in [0.25, 0.3) is 0 Å². The molecule has 0 spiro atoms. The molecule has 154 valence electrons. The minimum absolute atomic E-state index is 0.238. The second-order valence-electron chi connectivity index (χ2n) is 7.76. The zero-order chi connectivity index (χ0) is 20.2. The van der Waals surface area contributed by atoms with Crippen LogP contribution >= 0.6 is 0 Å². The number of anilines is 2. The minimum Gasteiger partial charge on any atom is -0.497 e. The molecule has 1 aromatic carbocycles. The highest BCUT2D eigenvalue weighted by atomic mass is 16.5. The van der Waals surface area contributed by atoms with E-state index in [1.165, 1.54) is 12.8 Å². The fourth-order valence-electron chi connectivity index (χ4n) is 3.32. The molecule has 2 aliphatic rings. The van der Waals surface area contributed by atoms with Crippen molar-refractivity contribution in [2.75, 3.05) is 57.2 Å². The van der Waals surface area contributed by atoms with E-state index in [0.29, 0.717) is 35.4 Å².